The highest BCUT2D eigenvalue weighted by atomic mass is 16.2. The number of rotatable bonds is 30. The molecule has 15 N–H and O–H groups in total. The van der Waals surface area contributed by atoms with Crippen LogP contribution in [0.4, 0.5) is 17.1 Å². The van der Waals surface area contributed by atoms with Gasteiger partial charge in [-0.2, -0.15) is 0 Å². The summed E-state index contributed by atoms with van der Waals surface area (Å²) >= 11 is 0. The van der Waals surface area contributed by atoms with E-state index in [1.54, 1.807) is 0 Å². The number of aromatic nitrogens is 3. The summed E-state index contributed by atoms with van der Waals surface area (Å²) in [6.07, 6.45) is 5.52. The van der Waals surface area contributed by atoms with Crippen LogP contribution in [-0.2, 0) is 48.0 Å². The third kappa shape index (κ3) is 16.5. The molecule has 3 heterocycles. The van der Waals surface area contributed by atoms with Crippen LogP contribution in [0.2, 0.25) is 0 Å². The Morgan fingerprint density at radius 3 is 0.879 bits per heavy atom. The second kappa shape index (κ2) is 30.9. The van der Waals surface area contributed by atoms with Gasteiger partial charge in [0.1, 0.15) is 18.1 Å². The quantitative estimate of drug-likeness (QED) is 0.0150. The molecule has 0 radical (unpaired) electrons. The highest BCUT2D eigenvalue weighted by molar-refractivity contribution is 6.01. The van der Waals surface area contributed by atoms with Gasteiger partial charge in [0, 0.05) is 72.8 Å². The van der Waals surface area contributed by atoms with E-state index < -0.39 is 18.1 Å². The van der Waals surface area contributed by atoms with Crippen LogP contribution >= 0.6 is 0 Å². The van der Waals surface area contributed by atoms with E-state index >= 15 is 0 Å². The second-order valence-electron chi connectivity index (χ2n) is 24.2. The molecule has 6 aromatic carbocycles. The average molecular weight is 1230 g/mol. The lowest BCUT2D eigenvalue weighted by atomic mass is 9.85. The number of unbranched alkanes of at least 4 members (excludes halogenated alkanes) is 3. The Hall–Kier alpha value is -9.36. The van der Waals surface area contributed by atoms with E-state index in [1.165, 1.54) is 0 Å². The molecule has 9 aromatic rings. The summed E-state index contributed by atoms with van der Waals surface area (Å²) < 4.78 is 0. The maximum atomic E-state index is 14.1. The lowest BCUT2D eigenvalue weighted by Crippen LogP contribution is -2.44. The van der Waals surface area contributed by atoms with Crippen molar-refractivity contribution < 1.29 is 28.8 Å². The molecule has 18 heteroatoms. The first-order chi connectivity index (χ1) is 43.9. The van der Waals surface area contributed by atoms with Crippen molar-refractivity contribution in [3.05, 3.63) is 195 Å². The molecule has 0 aliphatic carbocycles. The Morgan fingerprint density at radius 1 is 0.363 bits per heavy atom. The highest BCUT2D eigenvalue weighted by Crippen LogP contribution is 2.35. The predicted octanol–water partition coefficient (Wildman–Crippen LogP) is 10.5. The van der Waals surface area contributed by atoms with E-state index in [-0.39, 0.29) is 60.6 Å². The topological polar surface area (TPSA) is 300 Å². The van der Waals surface area contributed by atoms with Crippen molar-refractivity contribution in [2.24, 2.45) is 17.2 Å². The number of para-hydroxylation sites is 3. The first kappa shape index (κ1) is 66.1. The third-order valence-corrected chi connectivity index (χ3v) is 17.4. The fraction of sp³-hybridized carbons (Fsp3) is 0.342. The number of aromatic amines is 3. The molecule has 3 aromatic heterocycles. The largest absolute Gasteiger partial charge is 0.358 e. The number of carbonyl (C=O) groups excluding carboxylic acids is 6. The summed E-state index contributed by atoms with van der Waals surface area (Å²) in [6, 6.07) is 38.2. The van der Waals surface area contributed by atoms with Crippen LogP contribution in [-0.4, -0.2) is 88.2 Å². The Labute approximate surface area is 532 Å². The fourth-order valence-corrected chi connectivity index (χ4v) is 12.4. The minimum Gasteiger partial charge on any atom is -0.358 e. The molecule has 0 spiro atoms. The van der Waals surface area contributed by atoms with Gasteiger partial charge in [-0.25, -0.2) is 0 Å². The van der Waals surface area contributed by atoms with E-state index in [4.69, 9.17) is 17.2 Å². The Kier molecular flexibility index (Phi) is 22.4. The number of H-pyrrole nitrogens is 3. The minimum absolute atomic E-state index is 0.105. The molecule has 476 valence electrons. The number of hydrogen-bond donors (Lipinski definition) is 12. The Balaban J connectivity index is 0.941. The summed E-state index contributed by atoms with van der Waals surface area (Å²) in [5.74, 6) is -2.23. The number of hydrogen-bond acceptors (Lipinski definition) is 9. The number of benzene rings is 6. The molecule has 0 aliphatic rings. The average Bonchev–Trinajstić information content (AvgIpc) is 1.95. The second-order valence-corrected chi connectivity index (χ2v) is 24.2. The number of nitrogens with two attached hydrogens (primary N) is 3. The summed E-state index contributed by atoms with van der Waals surface area (Å²) in [4.78, 5) is 94.0. The van der Waals surface area contributed by atoms with Crippen molar-refractivity contribution in [1.82, 2.24) is 30.9 Å². The van der Waals surface area contributed by atoms with Gasteiger partial charge in [-0.1, -0.05) is 91.0 Å². The number of anilines is 3. The Morgan fingerprint density at radius 2 is 0.626 bits per heavy atom. The van der Waals surface area contributed by atoms with Crippen molar-refractivity contribution >= 4 is 85.2 Å². The maximum Gasteiger partial charge on any atom is 0.246 e. The molecule has 0 bridgehead atoms. The maximum absolute atomic E-state index is 14.1. The zero-order valence-corrected chi connectivity index (χ0v) is 53.2. The molecule has 9 rings (SSSR count). The van der Waals surface area contributed by atoms with Crippen molar-refractivity contribution in [2.75, 3.05) is 35.6 Å². The minimum atomic E-state index is -0.815. The summed E-state index contributed by atoms with van der Waals surface area (Å²) in [5, 5.41) is 21.2. The standard InChI is InChI=1S/C73H88N12O6/c1-43-16-13-19-55-58(46(4)77-68(43)55)40-64(86)83-61(22-7-10-37-74)71(89)80-52-31-25-49(26-32-52)67(50-27-33-53(34-28-50)81-72(90)62(23-8-11-38-75)84-65(87)41-59-47(5)78-69-44(2)17-14-20-56(59)69)51-29-35-54(36-30-51)82-73(91)63(24-9-12-39-76)85-66(88)42-60-48(6)79-70-45(3)18-15-21-57(60)70/h13-21,25-36,61-63,67,77-79H,7-12,22-24,37-42,74-76H2,1-6H3,(H,80,89)(H,81,90)(H,82,91)(H,83,86)(H,84,87)(H,85,88)/t61-,62-,63-/m0/s1. The number of aryl methyl sites for hydroxylation is 6. The molecule has 18 nitrogen and oxygen atoms in total. The molecule has 6 amide bonds. The van der Waals surface area contributed by atoms with Crippen LogP contribution in [0.5, 0.6) is 0 Å². The first-order valence-electron chi connectivity index (χ1n) is 31.8. The van der Waals surface area contributed by atoms with Crippen molar-refractivity contribution in [3.8, 4) is 0 Å². The number of amides is 6. The molecule has 0 aliphatic heterocycles. The van der Waals surface area contributed by atoms with Gasteiger partial charge in [-0.05, 0) is 205 Å². The van der Waals surface area contributed by atoms with E-state index in [9.17, 15) is 28.8 Å². The summed E-state index contributed by atoms with van der Waals surface area (Å²) in [7, 11) is 0. The van der Waals surface area contributed by atoms with Crippen molar-refractivity contribution in [2.45, 2.75) is 143 Å². The monoisotopic (exact) mass is 1230 g/mol. The van der Waals surface area contributed by atoms with E-state index in [1.807, 2.05) is 169 Å². The third-order valence-electron chi connectivity index (χ3n) is 17.4. The van der Waals surface area contributed by atoms with Gasteiger partial charge >= 0.3 is 0 Å². The molecular weight excluding hydrogens is 1140 g/mol. The highest BCUT2D eigenvalue weighted by Gasteiger charge is 2.27. The number of carbonyl (C=O) groups is 6. The summed E-state index contributed by atoms with van der Waals surface area (Å²) in [5.41, 5.74) is 33.4. The molecule has 91 heavy (non-hydrogen) atoms. The number of fused-ring (bicyclic) bond motifs is 3. The smallest absolute Gasteiger partial charge is 0.246 e. The zero-order chi connectivity index (χ0) is 64.7. The molecule has 3 atom stereocenters. The lowest BCUT2D eigenvalue weighted by molar-refractivity contribution is -0.126. The zero-order valence-electron chi connectivity index (χ0n) is 53.2. The van der Waals surface area contributed by atoms with E-state index in [0.717, 1.165) is 99.9 Å². The van der Waals surface area contributed by atoms with E-state index in [0.29, 0.717) is 94.5 Å². The van der Waals surface area contributed by atoms with Crippen LogP contribution in [0.3, 0.4) is 0 Å². The van der Waals surface area contributed by atoms with Gasteiger partial charge in [-0.3, -0.25) is 28.8 Å². The van der Waals surface area contributed by atoms with Crippen LogP contribution in [0.1, 0.15) is 131 Å². The SMILES string of the molecule is Cc1[nH]c2c(C)cccc2c1CC(=O)N[C@@H](CCCCN)C(=O)Nc1ccc(C(c2ccc(NC(=O)[C@H](CCCCN)NC(=O)Cc3c(C)[nH]c4c(C)cccc34)cc2)c2ccc(NC(=O)[C@H](CCCCN)NC(=O)Cc3c(C)[nH]c4c(C)cccc34)cc2)cc1. The van der Waals surface area contributed by atoms with Gasteiger partial charge in [-0.15, -0.1) is 0 Å². The van der Waals surface area contributed by atoms with Crippen molar-refractivity contribution in [1.29, 1.82) is 0 Å². The molecule has 0 saturated heterocycles. The van der Waals surface area contributed by atoms with Crippen LogP contribution < -0.4 is 49.1 Å². The van der Waals surface area contributed by atoms with Gasteiger partial charge in [0.2, 0.25) is 35.4 Å². The predicted molar refractivity (Wildman–Crippen MR) is 365 cm³/mol. The van der Waals surface area contributed by atoms with Gasteiger partial charge in [0.25, 0.3) is 0 Å². The summed E-state index contributed by atoms with van der Waals surface area (Å²) in [6.45, 7) is 13.3. The normalized spacial score (nSPS) is 12.5. The fourth-order valence-electron chi connectivity index (χ4n) is 12.4. The first-order valence-corrected chi connectivity index (χ1v) is 31.8. The van der Waals surface area contributed by atoms with Crippen LogP contribution in [0, 0.1) is 41.5 Å². The van der Waals surface area contributed by atoms with Gasteiger partial charge < -0.3 is 64.1 Å². The van der Waals surface area contributed by atoms with Crippen LogP contribution in [0.15, 0.2) is 127 Å². The molecule has 0 saturated carbocycles. The van der Waals surface area contributed by atoms with Gasteiger partial charge in [0.15, 0.2) is 0 Å². The molecule has 0 fully saturated rings. The Bertz CT molecular complexity index is 3620. The van der Waals surface area contributed by atoms with Crippen LogP contribution in [0.25, 0.3) is 32.7 Å². The van der Waals surface area contributed by atoms with Crippen molar-refractivity contribution in [3.63, 3.8) is 0 Å². The molecular formula is C73H88N12O6. The van der Waals surface area contributed by atoms with E-state index in [2.05, 4.69) is 46.9 Å². The molecule has 0 unspecified atom stereocenters. The lowest BCUT2D eigenvalue weighted by Gasteiger charge is -2.22. The van der Waals surface area contributed by atoms with Gasteiger partial charge in [0.05, 0.1) is 19.3 Å². The number of nitrogens with one attached hydrogen (secondary N) is 9.